The lowest BCUT2D eigenvalue weighted by Crippen LogP contribution is -2.04. The fourth-order valence-corrected chi connectivity index (χ4v) is 3.52. The molecule has 1 aromatic carbocycles. The molecule has 3 rings (SSSR count). The molecular weight excluding hydrogens is 377 g/mol. The van der Waals surface area contributed by atoms with Gasteiger partial charge in [-0.25, -0.2) is 18.6 Å². The molecule has 0 radical (unpaired) electrons. The molecule has 0 fully saturated rings. The van der Waals surface area contributed by atoms with Gasteiger partial charge in [0, 0.05) is 40.8 Å². The third-order valence-corrected chi connectivity index (χ3v) is 4.78. The second-order valence-corrected chi connectivity index (χ2v) is 9.68. The van der Waals surface area contributed by atoms with Gasteiger partial charge in [-0.2, -0.15) is 4.36 Å². The van der Waals surface area contributed by atoms with Crippen LogP contribution in [0.4, 0.5) is 15.9 Å². The predicted molar refractivity (Wildman–Crippen MR) is 116 cm³/mol. The van der Waals surface area contributed by atoms with E-state index in [4.69, 9.17) is 11.1 Å². The average Bonchev–Trinajstić information content (AvgIpc) is 2.61. The zero-order chi connectivity index (χ0) is 20.6. The van der Waals surface area contributed by atoms with Gasteiger partial charge >= 0.3 is 0 Å². The van der Waals surface area contributed by atoms with Crippen molar-refractivity contribution in [2.45, 2.75) is 19.8 Å². The molecule has 8 heteroatoms. The van der Waals surface area contributed by atoms with E-state index in [1.54, 1.807) is 18.2 Å². The molecule has 2 heterocycles. The highest BCUT2D eigenvalue weighted by atomic mass is 32.2. The zero-order valence-corrected chi connectivity index (χ0v) is 17.0. The lowest BCUT2D eigenvalue weighted by Gasteiger charge is -2.17. The fourth-order valence-electron chi connectivity index (χ4n) is 2.97. The van der Waals surface area contributed by atoms with E-state index in [1.807, 2.05) is 13.8 Å². The summed E-state index contributed by atoms with van der Waals surface area (Å²) in [4.78, 5) is 9.26. The molecule has 0 aliphatic rings. The maximum absolute atomic E-state index is 13.5. The zero-order valence-electron chi connectivity index (χ0n) is 16.2. The van der Waals surface area contributed by atoms with Crippen LogP contribution in [0.15, 0.2) is 34.7 Å². The number of halogens is 1. The van der Waals surface area contributed by atoms with Gasteiger partial charge in [0.25, 0.3) is 0 Å². The van der Waals surface area contributed by atoms with Gasteiger partial charge in [-0.15, -0.1) is 0 Å². The first-order valence-electron chi connectivity index (χ1n) is 8.68. The normalized spacial score (nSPS) is 11.8. The monoisotopic (exact) mass is 401 g/mol. The second-order valence-electron chi connectivity index (χ2n) is 7.13. The number of nitrogens with one attached hydrogen (secondary N) is 1. The van der Waals surface area contributed by atoms with Crippen LogP contribution >= 0.6 is 0 Å². The van der Waals surface area contributed by atoms with Crippen LogP contribution in [0.1, 0.15) is 32.6 Å². The Morgan fingerprint density at radius 2 is 1.89 bits per heavy atom. The highest BCUT2D eigenvalue weighted by Crippen LogP contribution is 2.39. The Balaban J connectivity index is 0.00000300. The summed E-state index contributed by atoms with van der Waals surface area (Å²) in [6.07, 6.45) is 4.15. The number of benzene rings is 1. The van der Waals surface area contributed by atoms with Crippen LogP contribution in [0.3, 0.4) is 0 Å². The van der Waals surface area contributed by atoms with Gasteiger partial charge in [-0.05, 0) is 29.7 Å². The summed E-state index contributed by atoms with van der Waals surface area (Å²) < 4.78 is 30.1. The molecule has 3 aromatic rings. The van der Waals surface area contributed by atoms with E-state index in [0.29, 0.717) is 33.8 Å². The molecule has 0 spiro atoms. The molecule has 28 heavy (non-hydrogen) atoms. The van der Waals surface area contributed by atoms with Gasteiger partial charge in [-0.3, -0.25) is 0 Å². The van der Waals surface area contributed by atoms with Gasteiger partial charge in [0.2, 0.25) is 0 Å². The van der Waals surface area contributed by atoms with Crippen molar-refractivity contribution in [1.29, 1.82) is 5.41 Å². The first-order valence-corrected chi connectivity index (χ1v) is 11.0. The highest BCUT2D eigenvalue weighted by Gasteiger charge is 2.20. The number of hydrogen-bond donors (Lipinski definition) is 2. The number of aromatic nitrogens is 2. The Morgan fingerprint density at radius 1 is 1.25 bits per heavy atom. The van der Waals surface area contributed by atoms with E-state index in [2.05, 4.69) is 14.3 Å². The summed E-state index contributed by atoms with van der Waals surface area (Å²) in [6.45, 7) is 3.96. The van der Waals surface area contributed by atoms with Crippen LogP contribution in [0.5, 0.6) is 0 Å². The summed E-state index contributed by atoms with van der Waals surface area (Å²) in [5.41, 5.74) is 9.37. The number of pyridine rings is 2. The van der Waals surface area contributed by atoms with Crippen LogP contribution in [0.25, 0.3) is 22.0 Å². The Labute approximate surface area is 165 Å². The molecule has 3 N–H and O–H groups in total. The summed E-state index contributed by atoms with van der Waals surface area (Å²) in [5.74, 6) is -0.0333. The van der Waals surface area contributed by atoms with E-state index in [9.17, 15) is 8.60 Å². The summed E-state index contributed by atoms with van der Waals surface area (Å²) in [6, 6.07) is 7.74. The lowest BCUT2D eigenvalue weighted by atomic mass is 9.94. The molecule has 0 bridgehead atoms. The second kappa shape index (κ2) is 7.27. The van der Waals surface area contributed by atoms with Crippen molar-refractivity contribution in [2.24, 2.45) is 4.36 Å². The smallest absolute Gasteiger partial charge is 0.171 e. The quantitative estimate of drug-likeness (QED) is 0.616. The predicted octanol–water partition coefficient (Wildman–Crippen LogP) is 4.74. The van der Waals surface area contributed by atoms with Crippen molar-refractivity contribution in [3.05, 3.63) is 47.5 Å². The molecule has 0 unspecified atom stereocenters. The van der Waals surface area contributed by atoms with Crippen molar-refractivity contribution >= 4 is 38.4 Å². The number of rotatable bonds is 4. The molecule has 0 aliphatic carbocycles. The van der Waals surface area contributed by atoms with Crippen LogP contribution in [-0.4, -0.2) is 32.9 Å². The number of hydrogen-bond acceptors (Lipinski definition) is 6. The van der Waals surface area contributed by atoms with Crippen molar-refractivity contribution in [3.8, 4) is 11.1 Å². The van der Waals surface area contributed by atoms with Crippen molar-refractivity contribution in [1.82, 2.24) is 9.97 Å². The third-order valence-electron chi connectivity index (χ3n) is 4.17. The minimum absolute atomic E-state index is 0. The molecule has 2 aromatic heterocycles. The average molecular weight is 402 g/mol. The van der Waals surface area contributed by atoms with Crippen LogP contribution < -0.4 is 5.73 Å². The van der Waals surface area contributed by atoms with Crippen LogP contribution in [0.2, 0.25) is 0 Å². The van der Waals surface area contributed by atoms with Gasteiger partial charge in [0.05, 0.1) is 16.9 Å². The molecular formula is C20H24FN5OS. The van der Waals surface area contributed by atoms with Gasteiger partial charge in [-0.1, -0.05) is 26.0 Å². The number of nitrogens with two attached hydrogens (primary N) is 1. The lowest BCUT2D eigenvalue weighted by molar-refractivity contribution is 0.628. The van der Waals surface area contributed by atoms with Crippen molar-refractivity contribution in [3.63, 3.8) is 0 Å². The number of nitrogens with zero attached hydrogens (tertiary/aromatic N) is 3. The summed E-state index contributed by atoms with van der Waals surface area (Å²) in [5, 5.41) is 8.14. The minimum Gasteiger partial charge on any atom is -0.397 e. The van der Waals surface area contributed by atoms with Gasteiger partial charge < -0.3 is 11.1 Å². The summed E-state index contributed by atoms with van der Waals surface area (Å²) in [7, 11) is -2.47. The molecule has 6 nitrogen and oxygen atoms in total. The number of anilines is 1. The number of nitrogen functional groups attached to an aromatic ring is 1. The van der Waals surface area contributed by atoms with Crippen molar-refractivity contribution in [2.75, 3.05) is 18.2 Å². The highest BCUT2D eigenvalue weighted by molar-refractivity contribution is 7.92. The maximum atomic E-state index is 13.5. The Morgan fingerprint density at radius 3 is 2.43 bits per heavy atom. The molecule has 148 valence electrons. The molecule has 0 saturated carbocycles. The fraction of sp³-hybridized carbons (Fsp3) is 0.250. The van der Waals surface area contributed by atoms with Crippen LogP contribution in [-0.2, 0) is 9.73 Å². The summed E-state index contributed by atoms with van der Waals surface area (Å²) >= 11 is 0. The van der Waals surface area contributed by atoms with E-state index >= 15 is 0 Å². The van der Waals surface area contributed by atoms with Gasteiger partial charge in [0.15, 0.2) is 5.82 Å². The minimum atomic E-state index is -2.47. The van der Waals surface area contributed by atoms with Gasteiger partial charge in [0.1, 0.15) is 11.5 Å². The first kappa shape index (κ1) is 19.9. The third kappa shape index (κ3) is 3.87. The van der Waals surface area contributed by atoms with Crippen LogP contribution in [0, 0.1) is 11.2 Å². The molecule has 0 aliphatic heterocycles. The number of fused-ring (bicyclic) bond motifs is 1. The van der Waals surface area contributed by atoms with E-state index in [-0.39, 0.29) is 13.2 Å². The molecule has 0 atom stereocenters. The maximum Gasteiger partial charge on any atom is 0.171 e. The van der Waals surface area contributed by atoms with E-state index in [1.165, 1.54) is 24.6 Å². The topological polar surface area (TPSA) is 105 Å². The van der Waals surface area contributed by atoms with E-state index in [0.717, 1.165) is 17.3 Å². The van der Waals surface area contributed by atoms with E-state index < -0.39 is 9.73 Å². The SMILES string of the molecule is CC(C)c1nc(N=S(C)(C)=O)c2cc(N)c(C=N)nc2c1-c1ccc(F)cc1.[HH]. The molecule has 0 amide bonds. The Kier molecular flexibility index (Phi) is 5.16. The largest absolute Gasteiger partial charge is 0.397 e. The first-order chi connectivity index (χ1) is 13.1. The standard InChI is InChI=1S/C20H22FN5OS.H2/c1-11(2)18-17(12-5-7-13(21)8-6-12)19-14(9-15(23)16(10-22)24-19)20(25-18)26-28(3,4)27;/h5-11,22H,23H2,1-4H3;1H. The van der Waals surface area contributed by atoms with Crippen molar-refractivity contribution < 1.29 is 10.0 Å². The Hall–Kier alpha value is -2.87. The molecule has 0 saturated heterocycles. The Bertz CT molecular complexity index is 1190.